The summed E-state index contributed by atoms with van der Waals surface area (Å²) in [6, 6.07) is 18.7. The Labute approximate surface area is 390 Å². The number of β-amino-alcohol motifs (C(OH)–C–C–N with tert-alkyl or cyclic N) is 1. The standard InChI is InChI=1S/C49H62N10O6S/c1-29(2)45(49(63)59-27-37(60)22-41(59)48(62)52-30(3)33-10-12-35(13-11-33)46-31(4)51-28-66-46)43-24-44(55-65-43)64-21-20-56-16-14-34(15-17-56)32(5)57-18-19-58-36(26-57)25-50-47-40(58)23-39(53-54-47)38-8-6-7-9-42(38)61/h6-13,23-24,28-30,32,34,36-37,41,45,60-61H,14-22,25-27H2,1-5H3,(H,50,54)(H,52,62)/t30-,32-,36-,37+,41-,45+/m0/s1. The van der Waals surface area contributed by atoms with Crippen molar-refractivity contribution in [2.24, 2.45) is 11.8 Å². The molecule has 350 valence electrons. The molecular weight excluding hydrogens is 857 g/mol. The molecule has 4 N–H and O–H groups in total. The summed E-state index contributed by atoms with van der Waals surface area (Å²) in [6.45, 7) is 17.1. The van der Waals surface area contributed by atoms with Crippen LogP contribution >= 0.6 is 11.3 Å². The quantitative estimate of drug-likeness (QED) is 0.103. The molecule has 17 heteroatoms. The highest BCUT2D eigenvalue weighted by Crippen LogP contribution is 2.38. The molecule has 0 radical (unpaired) electrons. The van der Waals surface area contributed by atoms with Gasteiger partial charge in [-0.15, -0.1) is 21.5 Å². The molecule has 66 heavy (non-hydrogen) atoms. The summed E-state index contributed by atoms with van der Waals surface area (Å²) in [5, 5.41) is 40.8. The number of piperidine rings is 1. The second-order valence-corrected chi connectivity index (χ2v) is 19.6. The van der Waals surface area contributed by atoms with E-state index in [2.05, 4.69) is 58.7 Å². The van der Waals surface area contributed by atoms with Gasteiger partial charge in [0.2, 0.25) is 11.8 Å². The Kier molecular flexibility index (Phi) is 13.6. The number of thiazole rings is 1. The number of carbonyl (C=O) groups excluding carboxylic acids is 2. The predicted octanol–water partition coefficient (Wildman–Crippen LogP) is 5.94. The van der Waals surface area contributed by atoms with Gasteiger partial charge in [0, 0.05) is 63.4 Å². The van der Waals surface area contributed by atoms with E-state index in [9.17, 15) is 19.8 Å². The summed E-state index contributed by atoms with van der Waals surface area (Å²) in [6.07, 6.45) is 1.57. The highest BCUT2D eigenvalue weighted by molar-refractivity contribution is 7.13. The molecule has 4 aliphatic heterocycles. The number of aliphatic hydroxyl groups excluding tert-OH is 1. The van der Waals surface area contributed by atoms with Gasteiger partial charge in [0.25, 0.3) is 5.88 Å². The molecule has 0 unspecified atom stereocenters. The number of hydrogen-bond donors (Lipinski definition) is 4. The number of aromatic nitrogens is 4. The Bertz CT molecular complexity index is 2470. The molecular formula is C49H62N10O6S. The van der Waals surface area contributed by atoms with Gasteiger partial charge in [-0.1, -0.05) is 50.2 Å². The second kappa shape index (κ2) is 19.7. The van der Waals surface area contributed by atoms with E-state index in [4.69, 9.17) is 9.26 Å². The fourth-order valence-electron chi connectivity index (χ4n) is 10.3. The number of aryl methyl sites for hydroxylation is 1. The maximum absolute atomic E-state index is 14.2. The van der Waals surface area contributed by atoms with Crippen LogP contribution < -0.4 is 20.3 Å². The number of nitrogens with one attached hydrogen (secondary N) is 2. The number of anilines is 2. The molecule has 0 saturated carbocycles. The molecule has 3 aromatic heterocycles. The lowest BCUT2D eigenvalue weighted by molar-refractivity contribution is -0.141. The van der Waals surface area contributed by atoms with Gasteiger partial charge < -0.3 is 39.9 Å². The lowest BCUT2D eigenvalue weighted by Gasteiger charge is -2.49. The molecule has 6 atom stereocenters. The number of ether oxygens (including phenoxy) is 1. The van der Waals surface area contributed by atoms with Crippen LogP contribution in [0.3, 0.4) is 0 Å². The molecule has 16 nitrogen and oxygen atoms in total. The average molecular weight is 919 g/mol. The van der Waals surface area contributed by atoms with Gasteiger partial charge in [-0.3, -0.25) is 19.4 Å². The third kappa shape index (κ3) is 9.62. The van der Waals surface area contributed by atoms with Crippen molar-refractivity contribution in [3.63, 3.8) is 0 Å². The number of hydrogen-bond acceptors (Lipinski definition) is 15. The summed E-state index contributed by atoms with van der Waals surface area (Å²) in [5.41, 5.74) is 7.23. The van der Waals surface area contributed by atoms with E-state index in [1.165, 1.54) is 4.90 Å². The van der Waals surface area contributed by atoms with E-state index < -0.39 is 18.1 Å². The Hall–Kier alpha value is -5.62. The number of phenolic OH excluding ortho intramolecular Hbond substituents is 1. The molecule has 2 amide bonds. The molecule has 3 fully saturated rings. The maximum Gasteiger partial charge on any atom is 0.254 e. The van der Waals surface area contributed by atoms with Gasteiger partial charge in [-0.05, 0) is 93.0 Å². The maximum atomic E-state index is 14.2. The molecule has 0 bridgehead atoms. The van der Waals surface area contributed by atoms with Crippen LogP contribution in [0, 0.1) is 18.8 Å². The monoisotopic (exact) mass is 918 g/mol. The minimum atomic E-state index is -0.818. The van der Waals surface area contributed by atoms with Crippen LogP contribution in [0.25, 0.3) is 21.7 Å². The third-order valence-electron chi connectivity index (χ3n) is 14.2. The first kappa shape index (κ1) is 45.5. The Morgan fingerprint density at radius 1 is 1.00 bits per heavy atom. The second-order valence-electron chi connectivity index (χ2n) is 18.8. The number of amides is 2. The molecule has 9 rings (SSSR count). The molecule has 5 aromatic rings. The minimum Gasteiger partial charge on any atom is -0.507 e. The molecule has 7 heterocycles. The van der Waals surface area contributed by atoms with E-state index in [0.29, 0.717) is 47.5 Å². The normalized spacial score (nSPS) is 21.8. The zero-order chi connectivity index (χ0) is 46.1. The topological polar surface area (TPSA) is 186 Å². The van der Waals surface area contributed by atoms with E-state index in [-0.39, 0.29) is 42.5 Å². The van der Waals surface area contributed by atoms with Crippen LogP contribution in [0.15, 0.2) is 70.7 Å². The van der Waals surface area contributed by atoms with Crippen LogP contribution in [-0.2, 0) is 9.59 Å². The predicted molar refractivity (Wildman–Crippen MR) is 254 cm³/mol. The van der Waals surface area contributed by atoms with E-state index >= 15 is 0 Å². The van der Waals surface area contributed by atoms with Crippen molar-refractivity contribution in [3.05, 3.63) is 83.2 Å². The SMILES string of the molecule is Cc1ncsc1-c1ccc([C@H](C)NC(=O)[C@@H]2C[C@@H](O)CN2C(=O)[C@@H](c2cc(OCCN3CCC([C@H](C)N4CCN5c6cc(-c7ccccc7O)nnc6NC[C@H]5C4)CC3)no2)C(C)C)cc1. The molecule has 3 saturated heterocycles. The zero-order valence-corrected chi connectivity index (χ0v) is 39.3. The van der Waals surface area contributed by atoms with Gasteiger partial charge in [-0.25, -0.2) is 4.98 Å². The number of benzene rings is 2. The van der Waals surface area contributed by atoms with E-state index in [1.807, 2.05) is 75.7 Å². The zero-order valence-electron chi connectivity index (χ0n) is 38.5. The van der Waals surface area contributed by atoms with Crippen molar-refractivity contribution in [1.29, 1.82) is 0 Å². The lowest BCUT2D eigenvalue weighted by atomic mass is 9.88. The summed E-state index contributed by atoms with van der Waals surface area (Å²) >= 11 is 1.59. The third-order valence-corrected chi connectivity index (χ3v) is 15.2. The number of aliphatic hydroxyl groups is 1. The van der Waals surface area contributed by atoms with Crippen LogP contribution in [0.4, 0.5) is 11.5 Å². The summed E-state index contributed by atoms with van der Waals surface area (Å²) in [5.74, 6) is 0.844. The number of rotatable bonds is 14. The fraction of sp³-hybridized carbons (Fsp3) is 0.510. The Balaban J connectivity index is 0.735. The van der Waals surface area contributed by atoms with Crippen molar-refractivity contribution >= 4 is 34.7 Å². The van der Waals surface area contributed by atoms with Crippen LogP contribution in [-0.4, -0.2) is 140 Å². The number of likely N-dealkylation sites (tertiary alicyclic amines) is 2. The molecule has 0 spiro atoms. The number of phenols is 1. The van der Waals surface area contributed by atoms with Gasteiger partial charge in [0.1, 0.15) is 24.3 Å². The van der Waals surface area contributed by atoms with Crippen LogP contribution in [0.1, 0.15) is 75.9 Å². The fourth-order valence-corrected chi connectivity index (χ4v) is 11.2. The van der Waals surface area contributed by atoms with Gasteiger partial charge in [-0.2, -0.15) is 0 Å². The Morgan fingerprint density at radius 2 is 1.79 bits per heavy atom. The first-order valence-electron chi connectivity index (χ1n) is 23.4. The van der Waals surface area contributed by atoms with Crippen molar-refractivity contribution in [2.75, 3.05) is 69.2 Å². The van der Waals surface area contributed by atoms with Gasteiger partial charge in [0.05, 0.1) is 45.7 Å². The van der Waals surface area contributed by atoms with E-state index in [0.717, 1.165) is 91.9 Å². The van der Waals surface area contributed by atoms with E-state index in [1.54, 1.807) is 23.5 Å². The average Bonchev–Trinajstić information content (AvgIpc) is 4.08. The highest BCUT2D eigenvalue weighted by atomic mass is 32.1. The van der Waals surface area contributed by atoms with Gasteiger partial charge >= 0.3 is 0 Å². The first-order chi connectivity index (χ1) is 31.9. The van der Waals surface area contributed by atoms with Crippen molar-refractivity contribution in [1.82, 2.24) is 40.4 Å². The van der Waals surface area contributed by atoms with Crippen molar-refractivity contribution < 1.29 is 29.1 Å². The van der Waals surface area contributed by atoms with Crippen LogP contribution in [0.2, 0.25) is 0 Å². The summed E-state index contributed by atoms with van der Waals surface area (Å²) < 4.78 is 11.8. The first-order valence-corrected chi connectivity index (χ1v) is 24.3. The number of nitrogens with zero attached hydrogens (tertiary/aromatic N) is 8. The smallest absolute Gasteiger partial charge is 0.254 e. The minimum absolute atomic E-state index is 0.0631. The molecule has 2 aromatic carbocycles. The number of aromatic hydroxyl groups is 1. The molecule has 0 aliphatic carbocycles. The summed E-state index contributed by atoms with van der Waals surface area (Å²) in [7, 11) is 0. The molecule has 4 aliphatic rings. The number of fused-ring (bicyclic) bond motifs is 3. The number of para-hydroxylation sites is 1. The number of piperazine rings is 1. The highest BCUT2D eigenvalue weighted by Gasteiger charge is 2.44. The number of carbonyl (C=O) groups is 2. The van der Waals surface area contributed by atoms with Gasteiger partial charge in [0.15, 0.2) is 11.6 Å². The largest absolute Gasteiger partial charge is 0.507 e. The van der Waals surface area contributed by atoms with Crippen LogP contribution in [0.5, 0.6) is 11.6 Å². The summed E-state index contributed by atoms with van der Waals surface area (Å²) in [4.78, 5) is 42.5. The van der Waals surface area contributed by atoms with Crippen molar-refractivity contribution in [3.8, 4) is 33.3 Å². The lowest BCUT2D eigenvalue weighted by Crippen LogP contribution is -2.60. The van der Waals surface area contributed by atoms with Crippen molar-refractivity contribution in [2.45, 2.75) is 90.1 Å². The Morgan fingerprint density at radius 3 is 2.53 bits per heavy atom.